The molecule has 1 atom stereocenters. The Morgan fingerprint density at radius 2 is 1.38 bits per heavy atom. The number of aliphatic imine (C=N–C) groups is 1. The second-order valence-electron chi connectivity index (χ2n) is 10.1. The van der Waals surface area contributed by atoms with Gasteiger partial charge in [0.2, 0.25) is 0 Å². The second-order valence-corrected chi connectivity index (χ2v) is 10.5. The SMILES string of the molecule is COCC(=O)C(Cc1ccc(OC(=O)C(C)C)cc1)N=Cc1cc(Cl)cc(OC(=O)C(C)C)c1OC(=O)C(C)C. The highest BCUT2D eigenvalue weighted by molar-refractivity contribution is 6.31. The number of carbonyl (C=O) groups excluding carboxylic acids is 4. The Kier molecular flexibility index (Phi) is 12.5. The zero-order chi connectivity index (χ0) is 30.0. The highest BCUT2D eigenvalue weighted by atomic mass is 35.5. The number of hydrogen-bond acceptors (Lipinski definition) is 9. The van der Waals surface area contributed by atoms with E-state index in [1.807, 2.05) is 0 Å². The van der Waals surface area contributed by atoms with Gasteiger partial charge in [0.15, 0.2) is 17.3 Å². The Bertz CT molecular complexity index is 1240. The third-order valence-corrected chi connectivity index (χ3v) is 5.72. The first-order valence-electron chi connectivity index (χ1n) is 12.9. The molecule has 2 aromatic rings. The van der Waals surface area contributed by atoms with Crippen molar-refractivity contribution in [3.05, 3.63) is 52.5 Å². The van der Waals surface area contributed by atoms with Crippen LogP contribution in [0.15, 0.2) is 41.4 Å². The van der Waals surface area contributed by atoms with Crippen molar-refractivity contribution in [1.82, 2.24) is 0 Å². The monoisotopic (exact) mass is 573 g/mol. The third kappa shape index (κ3) is 9.88. The first-order chi connectivity index (χ1) is 18.8. The lowest BCUT2D eigenvalue weighted by molar-refractivity contribution is -0.140. The number of Topliss-reactive ketones (excluding diaryl/α,β-unsaturated/α-hetero) is 1. The molecular weight excluding hydrogens is 538 g/mol. The molecule has 2 rings (SSSR count). The first kappa shape index (κ1) is 32.7. The van der Waals surface area contributed by atoms with Crippen LogP contribution in [0.3, 0.4) is 0 Å². The lowest BCUT2D eigenvalue weighted by Crippen LogP contribution is -2.25. The molecule has 40 heavy (non-hydrogen) atoms. The molecule has 1 unspecified atom stereocenters. The fourth-order valence-corrected chi connectivity index (χ4v) is 3.34. The van der Waals surface area contributed by atoms with Crippen LogP contribution in [0.25, 0.3) is 0 Å². The van der Waals surface area contributed by atoms with E-state index in [1.165, 1.54) is 25.5 Å². The van der Waals surface area contributed by atoms with E-state index in [0.29, 0.717) is 5.75 Å². The lowest BCUT2D eigenvalue weighted by atomic mass is 10.0. The predicted octanol–water partition coefficient (Wildman–Crippen LogP) is 5.27. The number of esters is 3. The van der Waals surface area contributed by atoms with Crippen molar-refractivity contribution in [3.8, 4) is 17.2 Å². The number of rotatable bonds is 13. The second kappa shape index (κ2) is 15.3. The standard InChI is InChI=1S/C30H36ClNO8/c1-17(2)28(34)38-23-10-8-20(9-11-23)12-24(25(33)16-37-7)32-15-21-13-22(31)14-26(39-29(35)18(3)4)27(21)40-30(36)19(5)6/h8-11,13-15,17-19,24H,12,16H2,1-7H3. The van der Waals surface area contributed by atoms with Crippen molar-refractivity contribution in [3.63, 3.8) is 0 Å². The summed E-state index contributed by atoms with van der Waals surface area (Å²) in [6, 6.07) is 8.78. The van der Waals surface area contributed by atoms with Crippen molar-refractivity contribution >= 4 is 41.5 Å². The normalized spacial score (nSPS) is 12.2. The van der Waals surface area contributed by atoms with Gasteiger partial charge < -0.3 is 18.9 Å². The molecule has 9 nitrogen and oxygen atoms in total. The molecule has 0 radical (unpaired) electrons. The molecular formula is C30H36ClNO8. The Morgan fingerprint density at radius 3 is 1.93 bits per heavy atom. The summed E-state index contributed by atoms with van der Waals surface area (Å²) in [5.41, 5.74) is 1.01. The maximum Gasteiger partial charge on any atom is 0.313 e. The molecule has 216 valence electrons. The van der Waals surface area contributed by atoms with Crippen LogP contribution in [0.5, 0.6) is 17.2 Å². The van der Waals surface area contributed by atoms with Crippen molar-refractivity contribution < 1.29 is 38.1 Å². The maximum atomic E-state index is 12.9. The van der Waals surface area contributed by atoms with Gasteiger partial charge in [0.05, 0.1) is 17.8 Å². The molecule has 0 aliphatic carbocycles. The van der Waals surface area contributed by atoms with Crippen LogP contribution in [0.2, 0.25) is 5.02 Å². The zero-order valence-corrected chi connectivity index (χ0v) is 24.6. The van der Waals surface area contributed by atoms with Gasteiger partial charge in [-0.25, -0.2) is 0 Å². The highest BCUT2D eigenvalue weighted by Gasteiger charge is 2.23. The summed E-state index contributed by atoms with van der Waals surface area (Å²) in [5, 5.41) is 0.212. The Labute approximate surface area is 239 Å². The number of ketones is 1. The molecule has 0 aromatic heterocycles. The summed E-state index contributed by atoms with van der Waals surface area (Å²) in [5.74, 6) is -2.58. The van der Waals surface area contributed by atoms with Crippen LogP contribution in [-0.4, -0.2) is 49.7 Å². The molecule has 0 amide bonds. The topological polar surface area (TPSA) is 118 Å². The number of nitrogens with zero attached hydrogens (tertiary/aromatic N) is 1. The summed E-state index contributed by atoms with van der Waals surface area (Å²) >= 11 is 6.30. The number of ether oxygens (including phenoxy) is 4. The van der Waals surface area contributed by atoms with E-state index >= 15 is 0 Å². The molecule has 0 bridgehead atoms. The van der Waals surface area contributed by atoms with E-state index in [2.05, 4.69) is 4.99 Å². The molecule has 0 spiro atoms. The van der Waals surface area contributed by atoms with Gasteiger partial charge >= 0.3 is 17.9 Å². The van der Waals surface area contributed by atoms with E-state index in [-0.39, 0.29) is 52.8 Å². The van der Waals surface area contributed by atoms with Crippen molar-refractivity contribution in [2.75, 3.05) is 13.7 Å². The summed E-state index contributed by atoms with van der Waals surface area (Å²) < 4.78 is 21.4. The summed E-state index contributed by atoms with van der Waals surface area (Å²) in [7, 11) is 1.41. The van der Waals surface area contributed by atoms with Gasteiger partial charge in [-0.2, -0.15) is 0 Å². The third-order valence-electron chi connectivity index (χ3n) is 5.50. The molecule has 0 N–H and O–H groups in total. The van der Waals surface area contributed by atoms with Crippen LogP contribution in [0.4, 0.5) is 0 Å². The Hall–Kier alpha value is -3.56. The molecule has 0 saturated carbocycles. The van der Waals surface area contributed by atoms with E-state index in [9.17, 15) is 19.2 Å². The maximum absolute atomic E-state index is 12.9. The Balaban J connectivity index is 2.44. The minimum Gasteiger partial charge on any atom is -0.426 e. The molecule has 0 fully saturated rings. The summed E-state index contributed by atoms with van der Waals surface area (Å²) in [6.07, 6.45) is 1.58. The number of methoxy groups -OCH3 is 1. The largest absolute Gasteiger partial charge is 0.426 e. The fourth-order valence-electron chi connectivity index (χ4n) is 3.12. The minimum absolute atomic E-state index is 0.0323. The molecule has 0 saturated heterocycles. The smallest absolute Gasteiger partial charge is 0.313 e. The van der Waals surface area contributed by atoms with E-state index < -0.39 is 29.8 Å². The number of carbonyl (C=O) groups is 4. The minimum atomic E-state index is -0.863. The molecule has 10 heteroatoms. The van der Waals surface area contributed by atoms with Crippen molar-refractivity contribution in [1.29, 1.82) is 0 Å². The molecule has 0 aliphatic rings. The number of benzene rings is 2. The van der Waals surface area contributed by atoms with Gasteiger partial charge in [0.1, 0.15) is 18.4 Å². The van der Waals surface area contributed by atoms with Gasteiger partial charge in [0, 0.05) is 36.4 Å². The molecule has 0 heterocycles. The first-order valence-corrected chi connectivity index (χ1v) is 13.3. The summed E-state index contributed by atoms with van der Waals surface area (Å²) in [4.78, 5) is 54.0. The van der Waals surface area contributed by atoms with Crippen molar-refractivity contribution in [2.24, 2.45) is 22.7 Å². The summed E-state index contributed by atoms with van der Waals surface area (Å²) in [6.45, 7) is 9.98. The lowest BCUT2D eigenvalue weighted by Gasteiger charge is -2.16. The van der Waals surface area contributed by atoms with Gasteiger partial charge in [-0.15, -0.1) is 0 Å². The predicted molar refractivity (Wildman–Crippen MR) is 151 cm³/mol. The molecule has 2 aromatic carbocycles. The van der Waals surface area contributed by atoms with E-state index in [1.54, 1.807) is 65.8 Å². The van der Waals surface area contributed by atoms with Crippen LogP contribution < -0.4 is 14.2 Å². The van der Waals surface area contributed by atoms with Crippen LogP contribution in [0.1, 0.15) is 52.7 Å². The number of hydrogen-bond donors (Lipinski definition) is 0. The van der Waals surface area contributed by atoms with Gasteiger partial charge in [-0.3, -0.25) is 24.2 Å². The van der Waals surface area contributed by atoms with Gasteiger partial charge in [-0.1, -0.05) is 65.3 Å². The van der Waals surface area contributed by atoms with E-state index in [0.717, 1.165) is 5.56 Å². The fraction of sp³-hybridized carbons (Fsp3) is 0.433. The van der Waals surface area contributed by atoms with Crippen LogP contribution in [0, 0.1) is 17.8 Å². The highest BCUT2D eigenvalue weighted by Crippen LogP contribution is 2.35. The van der Waals surface area contributed by atoms with Gasteiger partial charge in [0.25, 0.3) is 0 Å². The van der Waals surface area contributed by atoms with E-state index in [4.69, 9.17) is 30.5 Å². The van der Waals surface area contributed by atoms with Crippen LogP contribution >= 0.6 is 11.6 Å². The molecule has 0 aliphatic heterocycles. The average molecular weight is 574 g/mol. The van der Waals surface area contributed by atoms with Gasteiger partial charge in [-0.05, 0) is 23.8 Å². The average Bonchev–Trinajstić information content (AvgIpc) is 2.88. The zero-order valence-electron chi connectivity index (χ0n) is 23.9. The Morgan fingerprint density at radius 1 is 0.825 bits per heavy atom. The van der Waals surface area contributed by atoms with Crippen molar-refractivity contribution in [2.45, 2.75) is 54.0 Å². The van der Waals surface area contributed by atoms with Crippen LogP contribution in [-0.2, 0) is 30.3 Å². The quantitative estimate of drug-likeness (QED) is 0.181. The number of halogens is 1.